The second kappa shape index (κ2) is 10.4. The molecule has 0 fully saturated rings. The molecule has 0 aliphatic heterocycles. The summed E-state index contributed by atoms with van der Waals surface area (Å²) in [6, 6.07) is 31.6. The Kier molecular flexibility index (Phi) is 6.74. The van der Waals surface area contributed by atoms with Gasteiger partial charge in [0.1, 0.15) is 5.75 Å². The van der Waals surface area contributed by atoms with Gasteiger partial charge in [-0.05, 0) is 57.4 Å². The Labute approximate surface area is 213 Å². The third-order valence-electron chi connectivity index (χ3n) is 5.83. The van der Waals surface area contributed by atoms with Crippen molar-refractivity contribution >= 4 is 51.2 Å². The smallest absolute Gasteiger partial charge is 0.343 e. The molecular weight excluding hydrogens is 472 g/mol. The first-order valence-electron chi connectivity index (χ1n) is 11.4. The maximum atomic E-state index is 12.7. The number of ether oxygens (including phenoxy) is 1. The molecule has 5 aromatic rings. The molecule has 0 unspecified atom stereocenters. The zero-order valence-electron chi connectivity index (χ0n) is 19.1. The summed E-state index contributed by atoms with van der Waals surface area (Å²) in [6.07, 6.45) is 1.69. The minimum atomic E-state index is -0.517. The van der Waals surface area contributed by atoms with Gasteiger partial charge in [0.2, 0.25) is 5.91 Å². The topological polar surface area (TPSA) is 67.8 Å². The highest BCUT2D eigenvalue weighted by atomic mass is 35.5. The molecule has 176 valence electrons. The van der Waals surface area contributed by atoms with Crippen molar-refractivity contribution in [3.63, 3.8) is 0 Å². The number of hydrogen-bond acceptors (Lipinski definition) is 4. The third kappa shape index (κ3) is 5.11. The third-order valence-corrected chi connectivity index (χ3v) is 6.08. The van der Waals surface area contributed by atoms with Crippen LogP contribution in [0.2, 0.25) is 5.02 Å². The zero-order valence-corrected chi connectivity index (χ0v) is 19.9. The van der Waals surface area contributed by atoms with Crippen LogP contribution in [0.3, 0.4) is 0 Å². The molecule has 6 heteroatoms. The second-order valence-corrected chi connectivity index (χ2v) is 8.64. The minimum Gasteiger partial charge on any atom is -0.422 e. The van der Waals surface area contributed by atoms with E-state index in [0.717, 1.165) is 27.1 Å². The first-order chi connectivity index (χ1) is 17.6. The quantitative estimate of drug-likeness (QED) is 0.126. The highest BCUT2D eigenvalue weighted by Crippen LogP contribution is 2.27. The van der Waals surface area contributed by atoms with Crippen LogP contribution < -0.4 is 10.2 Å². The lowest BCUT2D eigenvalue weighted by atomic mass is 10.0. The summed E-state index contributed by atoms with van der Waals surface area (Å²) < 4.78 is 5.69. The Morgan fingerprint density at radius 3 is 2.22 bits per heavy atom. The number of carbonyl (C=O) groups excluding carboxylic acids is 2. The lowest BCUT2D eigenvalue weighted by Gasteiger charge is -2.11. The molecule has 1 N–H and O–H groups in total. The van der Waals surface area contributed by atoms with Gasteiger partial charge < -0.3 is 4.74 Å². The Bertz CT molecular complexity index is 1610. The predicted molar refractivity (Wildman–Crippen MR) is 144 cm³/mol. The van der Waals surface area contributed by atoms with Crippen LogP contribution >= 0.6 is 11.6 Å². The Hall–Kier alpha value is -4.48. The maximum absolute atomic E-state index is 12.7. The number of hydrogen-bond donors (Lipinski definition) is 1. The zero-order chi connectivity index (χ0) is 24.9. The van der Waals surface area contributed by atoms with Crippen molar-refractivity contribution in [1.29, 1.82) is 0 Å². The van der Waals surface area contributed by atoms with Gasteiger partial charge in [-0.15, -0.1) is 0 Å². The average Bonchev–Trinajstić information content (AvgIpc) is 2.90. The van der Waals surface area contributed by atoms with Crippen molar-refractivity contribution in [3.8, 4) is 5.75 Å². The fraction of sp³-hybridized carbons (Fsp3) is 0.0333. The highest BCUT2D eigenvalue weighted by molar-refractivity contribution is 6.30. The van der Waals surface area contributed by atoms with Gasteiger partial charge in [0.05, 0.1) is 18.2 Å². The first kappa shape index (κ1) is 23.3. The van der Waals surface area contributed by atoms with E-state index in [2.05, 4.69) is 10.5 Å². The van der Waals surface area contributed by atoms with Crippen LogP contribution in [-0.2, 0) is 11.2 Å². The van der Waals surface area contributed by atoms with Crippen molar-refractivity contribution in [2.24, 2.45) is 5.10 Å². The molecule has 0 bridgehead atoms. The second-order valence-electron chi connectivity index (χ2n) is 8.20. The number of nitrogens with one attached hydrogen (secondary N) is 1. The van der Waals surface area contributed by atoms with Gasteiger partial charge in [0, 0.05) is 10.6 Å². The molecule has 36 heavy (non-hydrogen) atoms. The van der Waals surface area contributed by atoms with Gasteiger partial charge in [-0.1, -0.05) is 84.4 Å². The Balaban J connectivity index is 1.38. The van der Waals surface area contributed by atoms with Crippen LogP contribution in [0, 0.1) is 0 Å². The van der Waals surface area contributed by atoms with E-state index < -0.39 is 5.97 Å². The number of rotatable bonds is 6. The molecule has 0 saturated heterocycles. The van der Waals surface area contributed by atoms with Crippen LogP contribution in [0.1, 0.15) is 21.5 Å². The molecule has 0 heterocycles. The molecule has 0 aromatic heterocycles. The standard InChI is InChI=1S/C30H21ClN2O3/c31-24-15-12-22(13-16-24)30(35)36-28-17-14-21-7-2-4-11-26(21)27(28)19-32-33-29(34)18-23-9-5-8-20-6-1-3-10-25(20)23/h1-17,19H,18H2,(H,33,34). The monoisotopic (exact) mass is 492 g/mol. The van der Waals surface area contributed by atoms with Crippen molar-refractivity contribution in [2.45, 2.75) is 6.42 Å². The van der Waals surface area contributed by atoms with Gasteiger partial charge >= 0.3 is 5.97 Å². The van der Waals surface area contributed by atoms with Gasteiger partial charge in [-0.25, -0.2) is 10.2 Å². The summed E-state index contributed by atoms with van der Waals surface area (Å²) >= 11 is 5.93. The van der Waals surface area contributed by atoms with Crippen LogP contribution in [0.5, 0.6) is 5.75 Å². The Morgan fingerprint density at radius 2 is 1.44 bits per heavy atom. The largest absolute Gasteiger partial charge is 0.422 e. The lowest BCUT2D eigenvalue weighted by molar-refractivity contribution is -0.120. The van der Waals surface area contributed by atoms with E-state index in [1.54, 1.807) is 30.3 Å². The van der Waals surface area contributed by atoms with Crippen LogP contribution in [-0.4, -0.2) is 18.1 Å². The summed E-state index contributed by atoms with van der Waals surface area (Å²) in [4.78, 5) is 25.4. The summed E-state index contributed by atoms with van der Waals surface area (Å²) in [5.74, 6) is -0.431. The molecule has 0 saturated carbocycles. The number of amides is 1. The Morgan fingerprint density at radius 1 is 0.778 bits per heavy atom. The molecule has 0 spiro atoms. The van der Waals surface area contributed by atoms with E-state index in [0.29, 0.717) is 21.9 Å². The maximum Gasteiger partial charge on any atom is 0.343 e. The summed E-state index contributed by atoms with van der Waals surface area (Å²) in [5.41, 5.74) is 4.48. The molecule has 0 atom stereocenters. The average molecular weight is 493 g/mol. The fourth-order valence-electron chi connectivity index (χ4n) is 4.07. The molecule has 5 rings (SSSR count). The van der Waals surface area contributed by atoms with Crippen molar-refractivity contribution in [2.75, 3.05) is 0 Å². The summed E-state index contributed by atoms with van der Waals surface area (Å²) in [7, 11) is 0. The van der Waals surface area contributed by atoms with Crippen LogP contribution in [0.15, 0.2) is 108 Å². The number of benzene rings is 5. The van der Waals surface area contributed by atoms with E-state index in [9.17, 15) is 9.59 Å². The van der Waals surface area contributed by atoms with E-state index in [1.807, 2.05) is 72.8 Å². The fourth-order valence-corrected chi connectivity index (χ4v) is 4.20. The van der Waals surface area contributed by atoms with Crippen molar-refractivity contribution < 1.29 is 14.3 Å². The number of fused-ring (bicyclic) bond motifs is 2. The van der Waals surface area contributed by atoms with Gasteiger partial charge in [-0.2, -0.15) is 5.10 Å². The summed E-state index contributed by atoms with van der Waals surface area (Å²) in [6.45, 7) is 0. The normalized spacial score (nSPS) is 11.1. The highest BCUT2D eigenvalue weighted by Gasteiger charge is 2.14. The van der Waals surface area contributed by atoms with Gasteiger partial charge in [0.15, 0.2) is 0 Å². The first-order valence-corrected chi connectivity index (χ1v) is 11.7. The minimum absolute atomic E-state index is 0.187. The molecule has 5 nitrogen and oxygen atoms in total. The lowest BCUT2D eigenvalue weighted by Crippen LogP contribution is -2.20. The van der Waals surface area contributed by atoms with Crippen LogP contribution in [0.4, 0.5) is 0 Å². The van der Waals surface area contributed by atoms with E-state index in [-0.39, 0.29) is 12.3 Å². The van der Waals surface area contributed by atoms with Gasteiger partial charge in [-0.3, -0.25) is 4.79 Å². The molecule has 0 aliphatic rings. The number of esters is 1. The number of carbonyl (C=O) groups is 2. The molecule has 0 radical (unpaired) electrons. The number of hydrazone groups is 1. The SMILES string of the molecule is O=C(Cc1cccc2ccccc12)NN=Cc1c(OC(=O)c2ccc(Cl)cc2)ccc2ccccc12. The van der Waals surface area contributed by atoms with Crippen LogP contribution in [0.25, 0.3) is 21.5 Å². The van der Waals surface area contributed by atoms with E-state index in [4.69, 9.17) is 16.3 Å². The molecule has 5 aromatic carbocycles. The van der Waals surface area contributed by atoms with E-state index in [1.165, 1.54) is 6.21 Å². The van der Waals surface area contributed by atoms with Crippen molar-refractivity contribution in [1.82, 2.24) is 5.43 Å². The number of halogens is 1. The molecule has 0 aliphatic carbocycles. The molecular formula is C30H21ClN2O3. The van der Waals surface area contributed by atoms with E-state index >= 15 is 0 Å². The molecule has 1 amide bonds. The summed E-state index contributed by atoms with van der Waals surface area (Å²) in [5, 5.41) is 8.62. The number of nitrogens with zero attached hydrogens (tertiary/aromatic N) is 1. The van der Waals surface area contributed by atoms with Gasteiger partial charge in [0.25, 0.3) is 0 Å². The van der Waals surface area contributed by atoms with Crippen molar-refractivity contribution in [3.05, 3.63) is 125 Å². The predicted octanol–water partition coefficient (Wildman–Crippen LogP) is 6.56.